The van der Waals surface area contributed by atoms with Crippen molar-refractivity contribution in [1.82, 2.24) is 9.88 Å². The molecule has 1 atom stereocenters. The number of aryl methyl sites for hydroxylation is 1. The fraction of sp³-hybridized carbons (Fsp3) is 0.444. The Bertz CT molecular complexity index is 711. The summed E-state index contributed by atoms with van der Waals surface area (Å²) in [6.07, 6.45) is 3.56. The Kier molecular flexibility index (Phi) is 4.85. The summed E-state index contributed by atoms with van der Waals surface area (Å²) in [4.78, 5) is 19.1. The van der Waals surface area contributed by atoms with Crippen LogP contribution >= 0.6 is 15.9 Å². The molecule has 3 rings (SSSR count). The van der Waals surface area contributed by atoms with E-state index in [0.717, 1.165) is 47.3 Å². The first-order valence-corrected chi connectivity index (χ1v) is 8.89. The highest BCUT2D eigenvalue weighted by atomic mass is 79.9. The molecule has 0 spiro atoms. The van der Waals surface area contributed by atoms with Crippen molar-refractivity contribution in [1.29, 1.82) is 0 Å². The van der Waals surface area contributed by atoms with Crippen molar-refractivity contribution >= 4 is 21.8 Å². The lowest BCUT2D eigenvalue weighted by Gasteiger charge is -2.23. The lowest BCUT2D eigenvalue weighted by atomic mass is 10.1. The standard InChI is InChI=1S/C18H21BrN2O2/c1-3-15-8-5-9-21(15)17(22)11-16-12(2)23-18(20-16)13-6-4-7-14(19)10-13/h4,6-7,10,15H,3,5,8-9,11H2,1-2H3. The largest absolute Gasteiger partial charge is 0.441 e. The van der Waals surface area contributed by atoms with E-state index in [9.17, 15) is 4.79 Å². The summed E-state index contributed by atoms with van der Waals surface area (Å²) in [5.74, 6) is 1.45. The molecular formula is C18H21BrN2O2. The van der Waals surface area contributed by atoms with Gasteiger partial charge in [0.1, 0.15) is 5.76 Å². The second kappa shape index (κ2) is 6.87. The van der Waals surface area contributed by atoms with Gasteiger partial charge < -0.3 is 9.32 Å². The van der Waals surface area contributed by atoms with Gasteiger partial charge in [0.2, 0.25) is 11.8 Å². The number of hydrogen-bond acceptors (Lipinski definition) is 3. The van der Waals surface area contributed by atoms with E-state index in [2.05, 4.69) is 27.8 Å². The first-order chi connectivity index (χ1) is 11.1. The van der Waals surface area contributed by atoms with E-state index in [-0.39, 0.29) is 5.91 Å². The number of rotatable bonds is 4. The molecule has 4 nitrogen and oxygen atoms in total. The molecule has 1 aliphatic rings. The van der Waals surface area contributed by atoms with Gasteiger partial charge in [-0.25, -0.2) is 4.98 Å². The number of carbonyl (C=O) groups excluding carboxylic acids is 1. The normalized spacial score (nSPS) is 17.7. The van der Waals surface area contributed by atoms with Crippen molar-refractivity contribution < 1.29 is 9.21 Å². The molecule has 1 saturated heterocycles. The number of likely N-dealkylation sites (tertiary alicyclic amines) is 1. The molecule has 1 fully saturated rings. The van der Waals surface area contributed by atoms with Crippen molar-refractivity contribution in [2.24, 2.45) is 0 Å². The molecule has 0 bridgehead atoms. The van der Waals surface area contributed by atoms with Crippen LogP contribution in [0.1, 0.15) is 37.6 Å². The Morgan fingerprint density at radius 1 is 1.48 bits per heavy atom. The highest BCUT2D eigenvalue weighted by molar-refractivity contribution is 9.10. The number of benzene rings is 1. The van der Waals surface area contributed by atoms with Gasteiger partial charge in [-0.05, 0) is 44.4 Å². The van der Waals surface area contributed by atoms with Crippen LogP contribution in [0, 0.1) is 6.92 Å². The Balaban J connectivity index is 1.78. The van der Waals surface area contributed by atoms with E-state index in [0.29, 0.717) is 18.4 Å². The fourth-order valence-electron chi connectivity index (χ4n) is 3.17. The number of nitrogens with zero attached hydrogens (tertiary/aromatic N) is 2. The van der Waals surface area contributed by atoms with Crippen molar-refractivity contribution in [3.8, 4) is 11.5 Å². The Morgan fingerprint density at radius 3 is 3.04 bits per heavy atom. The lowest BCUT2D eigenvalue weighted by Crippen LogP contribution is -2.36. The van der Waals surface area contributed by atoms with E-state index in [1.54, 1.807) is 0 Å². The van der Waals surface area contributed by atoms with Gasteiger partial charge in [-0.2, -0.15) is 0 Å². The molecule has 2 heterocycles. The minimum atomic E-state index is 0.159. The molecule has 1 unspecified atom stereocenters. The van der Waals surface area contributed by atoms with Gasteiger partial charge in [0, 0.05) is 22.6 Å². The first-order valence-electron chi connectivity index (χ1n) is 8.10. The van der Waals surface area contributed by atoms with Gasteiger partial charge in [0.05, 0.1) is 12.1 Å². The molecule has 0 N–H and O–H groups in total. The maximum Gasteiger partial charge on any atom is 0.228 e. The molecule has 1 amide bonds. The maximum absolute atomic E-state index is 12.6. The quantitative estimate of drug-likeness (QED) is 0.796. The number of amides is 1. The second-order valence-corrected chi connectivity index (χ2v) is 6.92. The third-order valence-electron chi connectivity index (χ3n) is 4.45. The van der Waals surface area contributed by atoms with E-state index in [1.165, 1.54) is 0 Å². The average molecular weight is 377 g/mol. The van der Waals surface area contributed by atoms with Crippen LogP contribution in [-0.2, 0) is 11.2 Å². The zero-order valence-corrected chi connectivity index (χ0v) is 15.1. The smallest absolute Gasteiger partial charge is 0.228 e. The SMILES string of the molecule is CCC1CCCN1C(=O)Cc1nc(-c2cccc(Br)c2)oc1C. The molecule has 5 heteroatoms. The van der Waals surface area contributed by atoms with Gasteiger partial charge in [0.15, 0.2) is 0 Å². The van der Waals surface area contributed by atoms with Crippen molar-refractivity contribution in [3.05, 3.63) is 40.2 Å². The van der Waals surface area contributed by atoms with E-state index >= 15 is 0 Å². The van der Waals surface area contributed by atoms with Gasteiger partial charge in [-0.3, -0.25) is 4.79 Å². The second-order valence-electron chi connectivity index (χ2n) is 6.00. The first kappa shape index (κ1) is 16.2. The molecule has 1 aromatic heterocycles. The summed E-state index contributed by atoms with van der Waals surface area (Å²) in [5.41, 5.74) is 1.65. The third kappa shape index (κ3) is 3.50. The molecule has 2 aromatic rings. The molecule has 0 aliphatic carbocycles. The van der Waals surface area contributed by atoms with Crippen molar-refractivity contribution in [3.63, 3.8) is 0 Å². The number of hydrogen-bond donors (Lipinski definition) is 0. The van der Waals surface area contributed by atoms with Crippen LogP contribution < -0.4 is 0 Å². The minimum absolute atomic E-state index is 0.159. The van der Waals surface area contributed by atoms with Crippen LogP contribution in [0.4, 0.5) is 0 Å². The maximum atomic E-state index is 12.6. The van der Waals surface area contributed by atoms with Gasteiger partial charge >= 0.3 is 0 Å². The van der Waals surface area contributed by atoms with E-state index < -0.39 is 0 Å². The average Bonchev–Trinajstić information content (AvgIpc) is 3.14. The molecule has 0 saturated carbocycles. The van der Waals surface area contributed by atoms with Crippen molar-refractivity contribution in [2.75, 3.05) is 6.54 Å². The molecule has 1 aliphatic heterocycles. The molecule has 122 valence electrons. The highest BCUT2D eigenvalue weighted by Crippen LogP contribution is 2.26. The number of oxazole rings is 1. The van der Waals surface area contributed by atoms with Gasteiger partial charge in [0.25, 0.3) is 0 Å². The fourth-order valence-corrected chi connectivity index (χ4v) is 3.57. The minimum Gasteiger partial charge on any atom is -0.441 e. The summed E-state index contributed by atoms with van der Waals surface area (Å²) in [7, 11) is 0. The van der Waals surface area contributed by atoms with Gasteiger partial charge in [-0.15, -0.1) is 0 Å². The molecule has 0 radical (unpaired) electrons. The molecule has 1 aromatic carbocycles. The number of carbonyl (C=O) groups is 1. The van der Waals surface area contributed by atoms with Gasteiger partial charge in [-0.1, -0.05) is 28.9 Å². The Hall–Kier alpha value is -1.62. The zero-order chi connectivity index (χ0) is 16.4. The monoisotopic (exact) mass is 376 g/mol. The third-order valence-corrected chi connectivity index (χ3v) is 4.94. The summed E-state index contributed by atoms with van der Waals surface area (Å²) < 4.78 is 6.75. The Labute approximate surface area is 145 Å². The summed E-state index contributed by atoms with van der Waals surface area (Å²) in [6.45, 7) is 4.88. The van der Waals surface area contributed by atoms with Crippen molar-refractivity contribution in [2.45, 2.75) is 45.6 Å². The van der Waals surface area contributed by atoms with Crippen LogP contribution in [0.15, 0.2) is 33.2 Å². The van der Waals surface area contributed by atoms with E-state index in [4.69, 9.17) is 4.42 Å². The van der Waals surface area contributed by atoms with Crippen LogP contribution in [0.25, 0.3) is 11.5 Å². The molecule has 23 heavy (non-hydrogen) atoms. The summed E-state index contributed by atoms with van der Waals surface area (Å²) >= 11 is 3.45. The van der Waals surface area contributed by atoms with Crippen LogP contribution in [0.2, 0.25) is 0 Å². The predicted octanol–water partition coefficient (Wildman–Crippen LogP) is 4.36. The predicted molar refractivity (Wildman–Crippen MR) is 93.1 cm³/mol. The number of halogens is 1. The Morgan fingerprint density at radius 2 is 2.30 bits per heavy atom. The zero-order valence-electron chi connectivity index (χ0n) is 13.5. The summed E-state index contributed by atoms with van der Waals surface area (Å²) in [5, 5.41) is 0. The topological polar surface area (TPSA) is 46.3 Å². The van der Waals surface area contributed by atoms with Crippen LogP contribution in [0.3, 0.4) is 0 Å². The highest BCUT2D eigenvalue weighted by Gasteiger charge is 2.28. The summed E-state index contributed by atoms with van der Waals surface area (Å²) in [6, 6.07) is 8.21. The van der Waals surface area contributed by atoms with E-state index in [1.807, 2.05) is 36.1 Å². The lowest BCUT2D eigenvalue weighted by molar-refractivity contribution is -0.131. The molecular weight excluding hydrogens is 356 g/mol. The van der Waals surface area contributed by atoms with Crippen LogP contribution in [-0.4, -0.2) is 28.4 Å². The van der Waals surface area contributed by atoms with Crippen LogP contribution in [0.5, 0.6) is 0 Å². The number of aromatic nitrogens is 1.